The summed E-state index contributed by atoms with van der Waals surface area (Å²) in [6.45, 7) is 1.79. The molecule has 0 heterocycles. The molecule has 0 aliphatic heterocycles. The predicted octanol–water partition coefficient (Wildman–Crippen LogP) is 2.45. The molecule has 26 heavy (non-hydrogen) atoms. The van der Waals surface area contributed by atoms with Crippen molar-refractivity contribution in [1.29, 1.82) is 0 Å². The number of halogens is 1. The normalized spacial score (nSPS) is 12.4. The lowest BCUT2D eigenvalue weighted by Gasteiger charge is -2.28. The third kappa shape index (κ3) is 4.42. The molecule has 0 aliphatic carbocycles. The smallest absolute Gasteiger partial charge is 0.328 e. The van der Waals surface area contributed by atoms with Gasteiger partial charge in [0.1, 0.15) is 11.9 Å². The zero-order chi connectivity index (χ0) is 19.3. The molecule has 0 saturated heterocycles. The fraction of sp³-hybridized carbons (Fsp3) is 0.222. The highest BCUT2D eigenvalue weighted by atomic mass is 35.5. The average Bonchev–Trinajstić information content (AvgIpc) is 2.61. The van der Waals surface area contributed by atoms with Crippen LogP contribution in [0.2, 0.25) is 0 Å². The molecule has 6 nitrogen and oxygen atoms in total. The lowest BCUT2D eigenvalue weighted by Crippen LogP contribution is -2.50. The van der Waals surface area contributed by atoms with Crippen LogP contribution in [0.4, 0.5) is 0 Å². The SMILES string of the molecule is Cc1ccc(S(=O)(=O)N(C(=O)CCl)[C@@H](Cc2ccccc2)C(=O)O)cc1. The van der Waals surface area contributed by atoms with Gasteiger partial charge in [-0.2, -0.15) is 0 Å². The first-order valence-corrected chi connectivity index (χ1v) is 9.71. The van der Waals surface area contributed by atoms with Crippen molar-refractivity contribution in [3.05, 3.63) is 65.7 Å². The Kier molecular flexibility index (Phi) is 6.39. The summed E-state index contributed by atoms with van der Waals surface area (Å²) in [6.07, 6.45) is -0.163. The van der Waals surface area contributed by atoms with Crippen molar-refractivity contribution in [3.63, 3.8) is 0 Å². The number of alkyl halides is 1. The molecular formula is C18H18ClNO5S. The van der Waals surface area contributed by atoms with Crippen LogP contribution >= 0.6 is 11.6 Å². The minimum atomic E-state index is -4.37. The molecular weight excluding hydrogens is 378 g/mol. The van der Waals surface area contributed by atoms with E-state index in [-0.39, 0.29) is 11.3 Å². The number of aryl methyl sites for hydroxylation is 1. The molecule has 0 aliphatic rings. The summed E-state index contributed by atoms with van der Waals surface area (Å²) in [5.41, 5.74) is 1.42. The van der Waals surface area contributed by atoms with Crippen molar-refractivity contribution >= 4 is 33.5 Å². The van der Waals surface area contributed by atoms with Crippen LogP contribution in [0.15, 0.2) is 59.5 Å². The van der Waals surface area contributed by atoms with E-state index in [2.05, 4.69) is 0 Å². The van der Waals surface area contributed by atoms with Crippen LogP contribution in [0, 0.1) is 6.92 Å². The van der Waals surface area contributed by atoms with E-state index in [4.69, 9.17) is 11.6 Å². The van der Waals surface area contributed by atoms with Crippen LogP contribution in [0.1, 0.15) is 11.1 Å². The molecule has 2 aromatic carbocycles. The van der Waals surface area contributed by atoms with Crippen molar-refractivity contribution in [2.75, 3.05) is 5.88 Å². The van der Waals surface area contributed by atoms with Crippen molar-refractivity contribution in [2.24, 2.45) is 0 Å². The molecule has 0 fully saturated rings. The van der Waals surface area contributed by atoms with Crippen molar-refractivity contribution in [1.82, 2.24) is 4.31 Å². The maximum absolute atomic E-state index is 13.0. The summed E-state index contributed by atoms with van der Waals surface area (Å²) in [7, 11) is -4.37. The Balaban J connectivity index is 2.51. The Morgan fingerprint density at radius 3 is 2.15 bits per heavy atom. The van der Waals surface area contributed by atoms with E-state index in [0.29, 0.717) is 9.87 Å². The third-order valence-electron chi connectivity index (χ3n) is 3.78. The maximum Gasteiger partial charge on any atom is 0.328 e. The predicted molar refractivity (Wildman–Crippen MR) is 97.5 cm³/mol. The molecule has 0 bridgehead atoms. The Hall–Kier alpha value is -2.38. The molecule has 0 radical (unpaired) electrons. The number of carboxylic acid groups (broad SMARTS) is 1. The quantitative estimate of drug-likeness (QED) is 0.727. The van der Waals surface area contributed by atoms with Crippen LogP contribution < -0.4 is 0 Å². The Morgan fingerprint density at radius 2 is 1.65 bits per heavy atom. The number of hydrogen-bond donors (Lipinski definition) is 1. The number of rotatable bonds is 7. The van der Waals surface area contributed by atoms with Gasteiger partial charge in [0, 0.05) is 6.42 Å². The van der Waals surface area contributed by atoms with Gasteiger partial charge in [-0.15, -0.1) is 11.6 Å². The first-order valence-electron chi connectivity index (χ1n) is 7.74. The molecule has 0 aromatic heterocycles. The number of aliphatic carboxylic acids is 1. The van der Waals surface area contributed by atoms with Crippen LogP contribution in [0.25, 0.3) is 0 Å². The summed E-state index contributed by atoms with van der Waals surface area (Å²) < 4.78 is 26.3. The molecule has 0 unspecified atom stereocenters. The van der Waals surface area contributed by atoms with Gasteiger partial charge >= 0.3 is 5.97 Å². The third-order valence-corrected chi connectivity index (χ3v) is 5.85. The van der Waals surface area contributed by atoms with Crippen molar-refractivity contribution in [2.45, 2.75) is 24.3 Å². The summed E-state index contributed by atoms with van der Waals surface area (Å²) in [4.78, 5) is 23.9. The minimum Gasteiger partial charge on any atom is -0.480 e. The topological polar surface area (TPSA) is 91.8 Å². The van der Waals surface area contributed by atoms with E-state index in [1.165, 1.54) is 12.1 Å². The van der Waals surface area contributed by atoms with Crippen molar-refractivity contribution in [3.8, 4) is 0 Å². The van der Waals surface area contributed by atoms with Gasteiger partial charge in [-0.05, 0) is 24.6 Å². The number of hydrogen-bond acceptors (Lipinski definition) is 4. The number of benzene rings is 2. The minimum absolute atomic E-state index is 0.163. The van der Waals surface area contributed by atoms with E-state index in [9.17, 15) is 23.1 Å². The average molecular weight is 396 g/mol. The second-order valence-electron chi connectivity index (χ2n) is 5.69. The second kappa shape index (κ2) is 8.33. The standard InChI is InChI=1S/C18H18ClNO5S/c1-13-7-9-15(10-8-13)26(24,25)20(17(21)12-19)16(18(22)23)11-14-5-3-2-4-6-14/h2-10,16H,11-12H2,1H3,(H,22,23)/t16-/m0/s1. The fourth-order valence-corrected chi connectivity index (χ4v) is 4.21. The molecule has 138 valence electrons. The Labute approximate surface area is 157 Å². The number of nitrogens with zero attached hydrogens (tertiary/aromatic N) is 1. The summed E-state index contributed by atoms with van der Waals surface area (Å²) in [5, 5.41) is 9.60. The van der Waals surface area contributed by atoms with Crippen LogP contribution in [-0.2, 0) is 26.0 Å². The van der Waals surface area contributed by atoms with Crippen LogP contribution in [0.5, 0.6) is 0 Å². The number of amides is 1. The maximum atomic E-state index is 13.0. The number of carboxylic acids is 1. The molecule has 0 spiro atoms. The van der Waals surface area contributed by atoms with E-state index in [1.54, 1.807) is 49.4 Å². The van der Waals surface area contributed by atoms with Gasteiger partial charge in [-0.1, -0.05) is 48.0 Å². The molecule has 1 N–H and O–H groups in total. The van der Waals surface area contributed by atoms with E-state index < -0.39 is 33.8 Å². The molecule has 8 heteroatoms. The van der Waals surface area contributed by atoms with E-state index in [1.807, 2.05) is 0 Å². The number of carbonyl (C=O) groups excluding carboxylic acids is 1. The monoisotopic (exact) mass is 395 g/mol. The lowest BCUT2D eigenvalue weighted by atomic mass is 10.1. The second-order valence-corrected chi connectivity index (χ2v) is 7.77. The number of carbonyl (C=O) groups is 2. The van der Waals surface area contributed by atoms with Gasteiger partial charge in [0.2, 0.25) is 0 Å². The molecule has 1 amide bonds. The van der Waals surface area contributed by atoms with Gasteiger partial charge in [-0.3, -0.25) is 4.79 Å². The highest BCUT2D eigenvalue weighted by Crippen LogP contribution is 2.22. The molecule has 0 saturated carbocycles. The summed E-state index contributed by atoms with van der Waals surface area (Å²) in [6, 6.07) is 12.7. The largest absolute Gasteiger partial charge is 0.480 e. The van der Waals surface area contributed by atoms with Gasteiger partial charge in [0.05, 0.1) is 4.90 Å². The Morgan fingerprint density at radius 1 is 1.08 bits per heavy atom. The first-order chi connectivity index (χ1) is 12.3. The van der Waals surface area contributed by atoms with Crippen LogP contribution in [-0.4, -0.2) is 41.6 Å². The summed E-state index contributed by atoms with van der Waals surface area (Å²) in [5.74, 6) is -3.07. The Bertz CT molecular complexity index is 882. The van der Waals surface area contributed by atoms with Gasteiger partial charge in [0.25, 0.3) is 15.9 Å². The molecule has 2 aromatic rings. The van der Waals surface area contributed by atoms with Crippen LogP contribution in [0.3, 0.4) is 0 Å². The van der Waals surface area contributed by atoms with Gasteiger partial charge in [-0.25, -0.2) is 17.5 Å². The highest BCUT2D eigenvalue weighted by Gasteiger charge is 2.39. The number of sulfonamides is 1. The molecule has 2 rings (SSSR count). The van der Waals surface area contributed by atoms with Gasteiger partial charge < -0.3 is 5.11 Å². The summed E-state index contributed by atoms with van der Waals surface area (Å²) >= 11 is 5.57. The lowest BCUT2D eigenvalue weighted by molar-refractivity contribution is -0.145. The van der Waals surface area contributed by atoms with E-state index >= 15 is 0 Å². The molecule has 1 atom stereocenters. The van der Waals surface area contributed by atoms with Crippen molar-refractivity contribution < 1.29 is 23.1 Å². The first kappa shape index (κ1) is 19.9. The van der Waals surface area contributed by atoms with Gasteiger partial charge in [0.15, 0.2) is 0 Å². The highest BCUT2D eigenvalue weighted by molar-refractivity contribution is 7.89. The van der Waals surface area contributed by atoms with E-state index in [0.717, 1.165) is 5.56 Å². The zero-order valence-corrected chi connectivity index (χ0v) is 15.6. The zero-order valence-electron chi connectivity index (χ0n) is 14.0. The fourth-order valence-electron chi connectivity index (χ4n) is 2.47.